The second-order valence-electron chi connectivity index (χ2n) is 2.81. The normalized spacial score (nSPS) is 10.6. The highest BCUT2D eigenvalue weighted by Gasteiger charge is 1.95. The maximum absolute atomic E-state index is 6.82. The predicted molar refractivity (Wildman–Crippen MR) is 55.3 cm³/mol. The third kappa shape index (κ3) is 2.78. The first-order valence-corrected chi connectivity index (χ1v) is 4.19. The van der Waals surface area contributed by atoms with Crippen LogP contribution in [0.25, 0.3) is 0 Å². The van der Waals surface area contributed by atoms with Crippen molar-refractivity contribution >= 4 is 18.1 Å². The molecular weight excluding hydrogens is 162 g/mol. The minimum absolute atomic E-state index is 0.577. The number of aromatic nitrogens is 1. The number of hydrogen-bond acceptors (Lipinski definition) is 3. The van der Waals surface area contributed by atoms with Crippen LogP contribution in [-0.2, 0) is 0 Å². The average molecular weight is 175 g/mol. The molecule has 0 fully saturated rings. The molecule has 0 aliphatic heterocycles. The molecule has 0 radical (unpaired) electrons. The van der Waals surface area contributed by atoms with E-state index in [1.165, 1.54) is 6.21 Å². The topological polar surface area (TPSA) is 49.1 Å². The van der Waals surface area contributed by atoms with Crippen molar-refractivity contribution in [3.8, 4) is 0 Å². The molecule has 0 saturated carbocycles. The highest BCUT2D eigenvalue weighted by molar-refractivity contribution is 5.79. The molecule has 0 aliphatic rings. The molecule has 1 rings (SSSR count). The van der Waals surface area contributed by atoms with Crippen LogP contribution in [0.4, 0.5) is 5.69 Å². The van der Waals surface area contributed by atoms with E-state index in [-0.39, 0.29) is 0 Å². The maximum Gasteiger partial charge on any atom is 0.0838 e. The van der Waals surface area contributed by atoms with E-state index in [4.69, 9.17) is 5.41 Å². The molecule has 0 saturated heterocycles. The molecule has 68 valence electrons. The Kier molecular flexibility index (Phi) is 3.31. The Bertz CT molecular complexity index is 329. The number of aliphatic imine (C=N–C) groups is 1. The fourth-order valence-electron chi connectivity index (χ4n) is 1.02. The van der Waals surface area contributed by atoms with Crippen LogP contribution in [0.15, 0.2) is 17.1 Å². The van der Waals surface area contributed by atoms with Gasteiger partial charge in [0.1, 0.15) is 0 Å². The van der Waals surface area contributed by atoms with Gasteiger partial charge >= 0.3 is 0 Å². The van der Waals surface area contributed by atoms with E-state index < -0.39 is 0 Å². The number of pyridine rings is 1. The minimum atomic E-state index is 0.577. The van der Waals surface area contributed by atoms with Gasteiger partial charge in [0.25, 0.3) is 0 Å². The lowest BCUT2D eigenvalue weighted by molar-refractivity contribution is 1.12. The Morgan fingerprint density at radius 1 is 1.46 bits per heavy atom. The molecule has 0 aliphatic carbocycles. The first-order chi connectivity index (χ1) is 6.24. The molecule has 0 aromatic carbocycles. The fraction of sp³-hybridized carbons (Fsp3) is 0.300. The average Bonchev–Trinajstić information content (AvgIpc) is 2.09. The molecule has 3 nitrogen and oxygen atoms in total. The Morgan fingerprint density at radius 2 is 2.23 bits per heavy atom. The van der Waals surface area contributed by atoms with Gasteiger partial charge in [-0.15, -0.1) is 0 Å². The van der Waals surface area contributed by atoms with Crippen molar-refractivity contribution < 1.29 is 0 Å². The molecule has 0 spiro atoms. The summed E-state index contributed by atoms with van der Waals surface area (Å²) < 4.78 is 0. The van der Waals surface area contributed by atoms with E-state index in [1.54, 1.807) is 6.21 Å². The second-order valence-corrected chi connectivity index (χ2v) is 2.81. The standard InChI is InChI=1S/C10H13N3/c1-8-4-5-10(9(2)13-8)12-7-3-6-11/h4-7,11H,3H2,1-2H3. The van der Waals surface area contributed by atoms with Crippen molar-refractivity contribution in [1.82, 2.24) is 4.98 Å². The minimum Gasteiger partial charge on any atom is -0.313 e. The van der Waals surface area contributed by atoms with Gasteiger partial charge in [0.05, 0.1) is 11.4 Å². The lowest BCUT2D eigenvalue weighted by atomic mass is 10.3. The molecule has 3 heteroatoms. The first kappa shape index (κ1) is 9.58. The van der Waals surface area contributed by atoms with Crippen LogP contribution < -0.4 is 0 Å². The summed E-state index contributed by atoms with van der Waals surface area (Å²) in [5.41, 5.74) is 2.82. The molecule has 0 atom stereocenters. The van der Waals surface area contributed by atoms with Crippen LogP contribution in [0, 0.1) is 19.3 Å². The first-order valence-electron chi connectivity index (χ1n) is 4.19. The summed E-state index contributed by atoms with van der Waals surface area (Å²) in [4.78, 5) is 8.48. The lowest BCUT2D eigenvalue weighted by Crippen LogP contribution is -1.85. The summed E-state index contributed by atoms with van der Waals surface area (Å²) in [6, 6.07) is 3.88. The number of nitrogens with one attached hydrogen (secondary N) is 1. The van der Waals surface area contributed by atoms with Gasteiger partial charge < -0.3 is 5.41 Å². The van der Waals surface area contributed by atoms with Crippen LogP contribution >= 0.6 is 0 Å². The monoisotopic (exact) mass is 175 g/mol. The summed E-state index contributed by atoms with van der Waals surface area (Å²) in [7, 11) is 0. The van der Waals surface area contributed by atoms with Crippen molar-refractivity contribution in [2.45, 2.75) is 20.3 Å². The Morgan fingerprint density at radius 3 is 2.85 bits per heavy atom. The van der Waals surface area contributed by atoms with Gasteiger partial charge in [0.2, 0.25) is 0 Å². The SMILES string of the molecule is Cc1ccc(N=CCC=N)c(C)n1. The summed E-state index contributed by atoms with van der Waals surface area (Å²) in [6.45, 7) is 3.89. The van der Waals surface area contributed by atoms with Crippen LogP contribution in [0.1, 0.15) is 17.8 Å². The van der Waals surface area contributed by atoms with Crippen LogP contribution in [0.5, 0.6) is 0 Å². The largest absolute Gasteiger partial charge is 0.313 e. The molecule has 0 bridgehead atoms. The van der Waals surface area contributed by atoms with E-state index >= 15 is 0 Å². The zero-order valence-corrected chi connectivity index (χ0v) is 7.91. The van der Waals surface area contributed by atoms with Gasteiger partial charge in [-0.3, -0.25) is 9.98 Å². The van der Waals surface area contributed by atoms with Gasteiger partial charge in [-0.1, -0.05) is 0 Å². The molecule has 0 unspecified atom stereocenters. The third-order valence-corrected chi connectivity index (χ3v) is 1.65. The van der Waals surface area contributed by atoms with Crippen molar-refractivity contribution in [3.05, 3.63) is 23.5 Å². The second kappa shape index (κ2) is 4.50. The van der Waals surface area contributed by atoms with Crippen molar-refractivity contribution in [3.63, 3.8) is 0 Å². The molecule has 1 N–H and O–H groups in total. The highest BCUT2D eigenvalue weighted by Crippen LogP contribution is 2.15. The zero-order valence-electron chi connectivity index (χ0n) is 7.91. The molecule has 1 heterocycles. The smallest absolute Gasteiger partial charge is 0.0838 e. The van der Waals surface area contributed by atoms with Gasteiger partial charge in [0.15, 0.2) is 0 Å². The highest BCUT2D eigenvalue weighted by atomic mass is 14.8. The summed E-state index contributed by atoms with van der Waals surface area (Å²) in [5, 5.41) is 6.82. The Hall–Kier alpha value is -1.51. The number of nitrogens with zero attached hydrogens (tertiary/aromatic N) is 2. The van der Waals surface area contributed by atoms with Crippen molar-refractivity contribution in [1.29, 1.82) is 5.41 Å². The lowest BCUT2D eigenvalue weighted by Gasteiger charge is -1.99. The van der Waals surface area contributed by atoms with E-state index in [1.807, 2.05) is 26.0 Å². The fourth-order valence-corrected chi connectivity index (χ4v) is 1.02. The molecule has 1 aromatic rings. The van der Waals surface area contributed by atoms with Crippen LogP contribution in [0.2, 0.25) is 0 Å². The summed E-state index contributed by atoms with van der Waals surface area (Å²) in [6.07, 6.45) is 3.61. The Balaban J connectivity index is 2.83. The third-order valence-electron chi connectivity index (χ3n) is 1.65. The molecule has 13 heavy (non-hydrogen) atoms. The van der Waals surface area contributed by atoms with Gasteiger partial charge in [-0.2, -0.15) is 0 Å². The number of aryl methyl sites for hydroxylation is 2. The van der Waals surface area contributed by atoms with Gasteiger partial charge in [0, 0.05) is 24.5 Å². The summed E-state index contributed by atoms with van der Waals surface area (Å²) in [5.74, 6) is 0. The van der Waals surface area contributed by atoms with E-state index in [2.05, 4.69) is 9.98 Å². The van der Waals surface area contributed by atoms with Crippen LogP contribution in [0.3, 0.4) is 0 Å². The number of rotatable bonds is 3. The summed E-state index contributed by atoms with van der Waals surface area (Å²) >= 11 is 0. The van der Waals surface area contributed by atoms with Gasteiger partial charge in [-0.05, 0) is 26.0 Å². The molecule has 1 aromatic heterocycles. The van der Waals surface area contributed by atoms with E-state index in [9.17, 15) is 0 Å². The molecule has 0 amide bonds. The van der Waals surface area contributed by atoms with E-state index in [0.717, 1.165) is 17.1 Å². The Labute approximate surface area is 78.1 Å². The van der Waals surface area contributed by atoms with Crippen molar-refractivity contribution in [2.24, 2.45) is 4.99 Å². The quantitative estimate of drug-likeness (QED) is 0.705. The maximum atomic E-state index is 6.82. The van der Waals surface area contributed by atoms with Gasteiger partial charge in [-0.25, -0.2) is 0 Å². The van der Waals surface area contributed by atoms with E-state index in [0.29, 0.717) is 6.42 Å². The predicted octanol–water partition coefficient (Wildman–Crippen LogP) is 2.44. The number of hydrogen-bond donors (Lipinski definition) is 1. The zero-order chi connectivity index (χ0) is 9.68. The van der Waals surface area contributed by atoms with Crippen LogP contribution in [-0.4, -0.2) is 17.4 Å². The molecular formula is C10H13N3. The van der Waals surface area contributed by atoms with Crippen molar-refractivity contribution in [2.75, 3.05) is 0 Å².